The summed E-state index contributed by atoms with van der Waals surface area (Å²) in [6.07, 6.45) is 0.947. The minimum atomic E-state index is 0.127. The molecule has 104 valence electrons. The lowest BCUT2D eigenvalue weighted by molar-refractivity contribution is -0.127. The van der Waals surface area contributed by atoms with Crippen LogP contribution >= 0.6 is 0 Å². The van der Waals surface area contributed by atoms with Gasteiger partial charge in [-0.1, -0.05) is 0 Å². The first kappa shape index (κ1) is 13.5. The molecule has 1 amide bonds. The quantitative estimate of drug-likeness (QED) is 0.827. The van der Waals surface area contributed by atoms with Gasteiger partial charge in [0.2, 0.25) is 5.91 Å². The van der Waals surface area contributed by atoms with Crippen molar-refractivity contribution in [1.82, 2.24) is 4.90 Å². The molecule has 0 saturated carbocycles. The van der Waals surface area contributed by atoms with Crippen LogP contribution in [0.4, 0.5) is 5.69 Å². The summed E-state index contributed by atoms with van der Waals surface area (Å²) in [5.41, 5.74) is 0.908. The van der Waals surface area contributed by atoms with Crippen LogP contribution in [0.2, 0.25) is 0 Å². The fourth-order valence-electron chi connectivity index (χ4n) is 2.24. The second-order valence-corrected chi connectivity index (χ2v) is 4.63. The van der Waals surface area contributed by atoms with Gasteiger partial charge >= 0.3 is 0 Å². The van der Waals surface area contributed by atoms with Crippen molar-refractivity contribution in [1.29, 1.82) is 0 Å². The number of rotatable bonds is 3. The Bertz CT molecular complexity index is 462. The minimum Gasteiger partial charge on any atom is -0.497 e. The molecule has 5 heteroatoms. The van der Waals surface area contributed by atoms with Gasteiger partial charge in [0, 0.05) is 26.2 Å². The molecule has 0 aromatic heterocycles. The molecule has 0 unspecified atom stereocenters. The Balaban J connectivity index is 2.31. The molecule has 2 rings (SSSR count). The number of benzene rings is 1. The fourth-order valence-corrected chi connectivity index (χ4v) is 2.24. The first-order valence-corrected chi connectivity index (χ1v) is 6.36. The summed E-state index contributed by atoms with van der Waals surface area (Å²) in [6, 6.07) is 5.64. The maximum absolute atomic E-state index is 12.0. The third kappa shape index (κ3) is 2.92. The number of nitrogens with zero attached hydrogens (tertiary/aromatic N) is 2. The number of methoxy groups -OCH3 is 2. The van der Waals surface area contributed by atoms with Crippen LogP contribution in [0.25, 0.3) is 0 Å². The van der Waals surface area contributed by atoms with Crippen molar-refractivity contribution in [3.63, 3.8) is 0 Å². The highest BCUT2D eigenvalue weighted by atomic mass is 16.5. The minimum absolute atomic E-state index is 0.127. The van der Waals surface area contributed by atoms with Crippen LogP contribution < -0.4 is 14.4 Å². The van der Waals surface area contributed by atoms with Crippen LogP contribution in [0.5, 0.6) is 11.5 Å². The summed E-state index contributed by atoms with van der Waals surface area (Å²) >= 11 is 0. The Labute approximate surface area is 113 Å². The highest BCUT2D eigenvalue weighted by molar-refractivity contribution is 5.82. The van der Waals surface area contributed by atoms with Crippen LogP contribution in [0.1, 0.15) is 6.42 Å². The molecule has 1 aromatic carbocycles. The molecule has 0 bridgehead atoms. The van der Waals surface area contributed by atoms with Crippen molar-refractivity contribution < 1.29 is 14.3 Å². The van der Waals surface area contributed by atoms with Gasteiger partial charge in [0.05, 0.1) is 26.5 Å². The number of hydrogen-bond donors (Lipinski definition) is 0. The summed E-state index contributed by atoms with van der Waals surface area (Å²) < 4.78 is 10.6. The van der Waals surface area contributed by atoms with E-state index in [1.165, 1.54) is 0 Å². The summed E-state index contributed by atoms with van der Waals surface area (Å²) in [5.74, 6) is 1.65. The van der Waals surface area contributed by atoms with Crippen molar-refractivity contribution in [2.75, 3.05) is 45.8 Å². The van der Waals surface area contributed by atoms with Gasteiger partial charge in [-0.05, 0) is 18.6 Å². The Morgan fingerprint density at radius 3 is 2.63 bits per heavy atom. The van der Waals surface area contributed by atoms with Crippen LogP contribution in [0, 0.1) is 0 Å². The molecule has 19 heavy (non-hydrogen) atoms. The van der Waals surface area contributed by atoms with E-state index in [9.17, 15) is 4.79 Å². The van der Waals surface area contributed by atoms with E-state index in [0.717, 1.165) is 36.7 Å². The maximum Gasteiger partial charge on any atom is 0.241 e. The van der Waals surface area contributed by atoms with E-state index < -0.39 is 0 Å². The smallest absolute Gasteiger partial charge is 0.241 e. The molecule has 1 heterocycles. The number of hydrogen-bond acceptors (Lipinski definition) is 4. The first-order chi connectivity index (χ1) is 9.15. The number of anilines is 1. The molecule has 0 radical (unpaired) electrons. The van der Waals surface area contributed by atoms with Gasteiger partial charge in [0.1, 0.15) is 11.5 Å². The molecule has 0 atom stereocenters. The molecule has 1 fully saturated rings. The van der Waals surface area contributed by atoms with Gasteiger partial charge in [0.15, 0.2) is 0 Å². The van der Waals surface area contributed by atoms with E-state index in [4.69, 9.17) is 9.47 Å². The Kier molecular flexibility index (Phi) is 4.14. The van der Waals surface area contributed by atoms with Gasteiger partial charge in [-0.15, -0.1) is 0 Å². The lowest BCUT2D eigenvalue weighted by Crippen LogP contribution is -2.34. The van der Waals surface area contributed by atoms with Crippen molar-refractivity contribution in [2.45, 2.75) is 6.42 Å². The summed E-state index contributed by atoms with van der Waals surface area (Å²) in [7, 11) is 5.11. The van der Waals surface area contributed by atoms with Crippen molar-refractivity contribution in [3.05, 3.63) is 18.2 Å². The van der Waals surface area contributed by atoms with E-state index in [1.54, 1.807) is 19.1 Å². The predicted octanol–water partition coefficient (Wildman–Crippen LogP) is 1.37. The van der Waals surface area contributed by atoms with Crippen LogP contribution in [0.3, 0.4) is 0 Å². The number of carbonyl (C=O) groups is 1. The highest BCUT2D eigenvalue weighted by Crippen LogP contribution is 2.32. The zero-order valence-electron chi connectivity index (χ0n) is 11.7. The van der Waals surface area contributed by atoms with Crippen LogP contribution in [0.15, 0.2) is 18.2 Å². The van der Waals surface area contributed by atoms with Crippen LogP contribution in [-0.4, -0.2) is 51.7 Å². The van der Waals surface area contributed by atoms with Crippen LogP contribution in [-0.2, 0) is 4.79 Å². The molecule has 0 spiro atoms. The van der Waals surface area contributed by atoms with E-state index in [2.05, 4.69) is 0 Å². The van der Waals surface area contributed by atoms with E-state index in [1.807, 2.05) is 30.1 Å². The second-order valence-electron chi connectivity index (χ2n) is 4.63. The molecule has 1 saturated heterocycles. The van der Waals surface area contributed by atoms with Crippen molar-refractivity contribution >= 4 is 11.6 Å². The number of carbonyl (C=O) groups excluding carboxylic acids is 1. The molecule has 0 aliphatic carbocycles. The highest BCUT2D eigenvalue weighted by Gasteiger charge is 2.21. The maximum atomic E-state index is 12.0. The monoisotopic (exact) mass is 264 g/mol. The zero-order chi connectivity index (χ0) is 13.8. The molecule has 0 N–H and O–H groups in total. The molecular formula is C14H20N2O3. The Morgan fingerprint density at radius 1 is 1.16 bits per heavy atom. The third-order valence-corrected chi connectivity index (χ3v) is 3.40. The molecule has 5 nitrogen and oxygen atoms in total. The van der Waals surface area contributed by atoms with E-state index in [-0.39, 0.29) is 5.91 Å². The van der Waals surface area contributed by atoms with Gasteiger partial charge in [-0.3, -0.25) is 4.79 Å². The number of amides is 1. The molecular weight excluding hydrogens is 244 g/mol. The topological polar surface area (TPSA) is 42.0 Å². The van der Waals surface area contributed by atoms with Crippen molar-refractivity contribution in [2.24, 2.45) is 0 Å². The van der Waals surface area contributed by atoms with Gasteiger partial charge in [0.25, 0.3) is 0 Å². The zero-order valence-corrected chi connectivity index (χ0v) is 11.7. The Hall–Kier alpha value is -1.91. The summed E-state index contributed by atoms with van der Waals surface area (Å²) in [6.45, 7) is 2.00. The largest absolute Gasteiger partial charge is 0.497 e. The fraction of sp³-hybridized carbons (Fsp3) is 0.500. The lowest BCUT2D eigenvalue weighted by atomic mass is 10.2. The lowest BCUT2D eigenvalue weighted by Gasteiger charge is -2.24. The van der Waals surface area contributed by atoms with Gasteiger partial charge in [-0.2, -0.15) is 0 Å². The number of ether oxygens (including phenoxy) is 2. The van der Waals surface area contributed by atoms with Gasteiger partial charge < -0.3 is 19.3 Å². The third-order valence-electron chi connectivity index (χ3n) is 3.40. The average molecular weight is 264 g/mol. The Morgan fingerprint density at radius 2 is 1.95 bits per heavy atom. The van der Waals surface area contributed by atoms with Gasteiger partial charge in [-0.25, -0.2) is 0 Å². The molecule has 1 aliphatic heterocycles. The second kappa shape index (κ2) is 5.82. The number of likely N-dealkylation sites (N-methyl/N-ethyl adjacent to an activating group) is 1. The SMILES string of the molecule is COc1ccc(OC)c(N2CCCN(C)C(=O)C2)c1. The first-order valence-electron chi connectivity index (χ1n) is 6.36. The van der Waals surface area contributed by atoms with E-state index in [0.29, 0.717) is 6.54 Å². The molecule has 1 aromatic rings. The summed E-state index contributed by atoms with van der Waals surface area (Å²) in [4.78, 5) is 15.8. The van der Waals surface area contributed by atoms with Crippen molar-refractivity contribution in [3.8, 4) is 11.5 Å². The summed E-state index contributed by atoms with van der Waals surface area (Å²) in [5, 5.41) is 0. The standard InChI is InChI=1S/C14H20N2O3/c1-15-7-4-8-16(10-14(15)17)12-9-11(18-2)5-6-13(12)19-3/h5-6,9H,4,7-8,10H2,1-3H3. The molecule has 1 aliphatic rings. The average Bonchev–Trinajstić information content (AvgIpc) is 2.60. The normalized spacial score (nSPS) is 16.3. The predicted molar refractivity (Wildman–Crippen MR) is 74.0 cm³/mol. The van der Waals surface area contributed by atoms with E-state index >= 15 is 0 Å².